The molecular formula is C15H29NO2. The summed E-state index contributed by atoms with van der Waals surface area (Å²) in [6.07, 6.45) is 9.53. The molecule has 0 atom stereocenters. The molecule has 0 radical (unpaired) electrons. The summed E-state index contributed by atoms with van der Waals surface area (Å²) in [5, 5.41) is 3.54. The fourth-order valence-electron chi connectivity index (χ4n) is 3.00. The topological polar surface area (TPSA) is 30.5 Å². The summed E-state index contributed by atoms with van der Waals surface area (Å²) >= 11 is 0. The van der Waals surface area contributed by atoms with Crippen LogP contribution in [-0.4, -0.2) is 39.5 Å². The van der Waals surface area contributed by atoms with Crippen molar-refractivity contribution < 1.29 is 9.47 Å². The third-order valence-electron chi connectivity index (χ3n) is 4.28. The Morgan fingerprint density at radius 2 is 1.72 bits per heavy atom. The molecule has 0 aromatic carbocycles. The second-order valence-corrected chi connectivity index (χ2v) is 5.84. The summed E-state index contributed by atoms with van der Waals surface area (Å²) < 4.78 is 11.1. The Bertz CT molecular complexity index is 177. The van der Waals surface area contributed by atoms with Crippen LogP contribution in [0.4, 0.5) is 0 Å². The first-order chi connectivity index (χ1) is 8.95. The van der Waals surface area contributed by atoms with Gasteiger partial charge >= 0.3 is 0 Å². The molecule has 1 heterocycles. The smallest absolute Gasteiger partial charge is 0.0591 e. The molecule has 3 heteroatoms. The standard InChI is InChI=1S/C15H29NO2/c1-2-4-14(5-3-1)12-16-8-11-18-13-15-6-9-17-10-7-15/h14-16H,1-13H2. The summed E-state index contributed by atoms with van der Waals surface area (Å²) in [4.78, 5) is 0. The minimum Gasteiger partial charge on any atom is -0.381 e. The SMILES string of the molecule is C1CCC(CNCCOCC2CCOCC2)CC1. The van der Waals surface area contributed by atoms with E-state index in [1.165, 1.54) is 51.5 Å². The maximum atomic E-state index is 5.74. The van der Waals surface area contributed by atoms with Crippen LogP contribution >= 0.6 is 0 Å². The molecule has 1 N–H and O–H groups in total. The molecule has 0 amide bonds. The van der Waals surface area contributed by atoms with E-state index in [-0.39, 0.29) is 0 Å². The van der Waals surface area contributed by atoms with E-state index in [2.05, 4.69) is 5.32 Å². The van der Waals surface area contributed by atoms with Crippen molar-refractivity contribution in [2.75, 3.05) is 39.5 Å². The van der Waals surface area contributed by atoms with E-state index in [4.69, 9.17) is 9.47 Å². The normalized spacial score (nSPS) is 23.3. The van der Waals surface area contributed by atoms with Gasteiger partial charge in [-0.25, -0.2) is 0 Å². The van der Waals surface area contributed by atoms with Crippen molar-refractivity contribution in [2.45, 2.75) is 44.9 Å². The van der Waals surface area contributed by atoms with Crippen LogP contribution in [-0.2, 0) is 9.47 Å². The third kappa shape index (κ3) is 5.68. The highest BCUT2D eigenvalue weighted by atomic mass is 16.5. The second kappa shape index (κ2) is 8.89. The third-order valence-corrected chi connectivity index (χ3v) is 4.28. The van der Waals surface area contributed by atoms with Crippen molar-refractivity contribution in [1.29, 1.82) is 0 Å². The molecule has 1 aliphatic heterocycles. The Labute approximate surface area is 112 Å². The number of hydrogen-bond acceptors (Lipinski definition) is 3. The van der Waals surface area contributed by atoms with Gasteiger partial charge in [0.25, 0.3) is 0 Å². The van der Waals surface area contributed by atoms with Gasteiger partial charge in [0.1, 0.15) is 0 Å². The molecule has 2 rings (SSSR count). The molecule has 0 aromatic heterocycles. The van der Waals surface area contributed by atoms with E-state index in [0.717, 1.165) is 44.8 Å². The van der Waals surface area contributed by atoms with E-state index >= 15 is 0 Å². The second-order valence-electron chi connectivity index (χ2n) is 5.84. The van der Waals surface area contributed by atoms with Crippen LogP contribution in [0.25, 0.3) is 0 Å². The summed E-state index contributed by atoms with van der Waals surface area (Å²) in [5.74, 6) is 1.66. The fraction of sp³-hybridized carbons (Fsp3) is 1.00. The Kier molecular flexibility index (Phi) is 7.06. The summed E-state index contributed by atoms with van der Waals surface area (Å²) in [5.41, 5.74) is 0. The molecule has 0 aromatic rings. The molecule has 106 valence electrons. The molecule has 2 fully saturated rings. The number of hydrogen-bond donors (Lipinski definition) is 1. The quantitative estimate of drug-likeness (QED) is 0.709. The zero-order valence-corrected chi connectivity index (χ0v) is 11.7. The first kappa shape index (κ1) is 14.3. The lowest BCUT2D eigenvalue weighted by atomic mass is 9.89. The van der Waals surface area contributed by atoms with E-state index in [1.54, 1.807) is 0 Å². The number of nitrogens with one attached hydrogen (secondary N) is 1. The maximum absolute atomic E-state index is 5.74. The minimum absolute atomic E-state index is 0.733. The molecule has 0 spiro atoms. The van der Waals surface area contributed by atoms with Crippen LogP contribution in [0.5, 0.6) is 0 Å². The van der Waals surface area contributed by atoms with Crippen molar-refractivity contribution in [2.24, 2.45) is 11.8 Å². The minimum atomic E-state index is 0.733. The highest BCUT2D eigenvalue weighted by molar-refractivity contribution is 4.68. The maximum Gasteiger partial charge on any atom is 0.0591 e. The Hall–Kier alpha value is -0.120. The van der Waals surface area contributed by atoms with E-state index < -0.39 is 0 Å². The Balaban J connectivity index is 1.39. The molecular weight excluding hydrogens is 226 g/mol. The molecule has 1 saturated carbocycles. The first-order valence-electron chi connectivity index (χ1n) is 7.81. The van der Waals surface area contributed by atoms with Crippen LogP contribution in [0, 0.1) is 11.8 Å². The van der Waals surface area contributed by atoms with Crippen LogP contribution in [0.1, 0.15) is 44.9 Å². The predicted molar refractivity (Wildman–Crippen MR) is 73.8 cm³/mol. The van der Waals surface area contributed by atoms with Gasteiger partial charge in [-0.15, -0.1) is 0 Å². The molecule has 0 unspecified atom stereocenters. The Morgan fingerprint density at radius 3 is 2.50 bits per heavy atom. The molecule has 3 nitrogen and oxygen atoms in total. The van der Waals surface area contributed by atoms with E-state index in [1.807, 2.05) is 0 Å². The van der Waals surface area contributed by atoms with Gasteiger partial charge in [0.2, 0.25) is 0 Å². The molecule has 0 bridgehead atoms. The van der Waals surface area contributed by atoms with Gasteiger partial charge in [-0.1, -0.05) is 19.3 Å². The highest BCUT2D eigenvalue weighted by Crippen LogP contribution is 2.22. The zero-order chi connectivity index (χ0) is 12.5. The van der Waals surface area contributed by atoms with Gasteiger partial charge in [-0.05, 0) is 44.1 Å². The zero-order valence-electron chi connectivity index (χ0n) is 11.7. The lowest BCUT2D eigenvalue weighted by molar-refractivity contribution is 0.0213. The predicted octanol–water partition coefficient (Wildman–Crippen LogP) is 2.60. The van der Waals surface area contributed by atoms with Gasteiger partial charge in [-0.2, -0.15) is 0 Å². The molecule has 2 aliphatic rings. The van der Waals surface area contributed by atoms with Gasteiger partial charge in [0.05, 0.1) is 6.61 Å². The fourth-order valence-corrected chi connectivity index (χ4v) is 3.00. The van der Waals surface area contributed by atoms with Crippen LogP contribution in [0.2, 0.25) is 0 Å². The number of rotatable bonds is 7. The van der Waals surface area contributed by atoms with E-state index in [0.29, 0.717) is 0 Å². The molecule has 18 heavy (non-hydrogen) atoms. The first-order valence-corrected chi connectivity index (χ1v) is 7.81. The van der Waals surface area contributed by atoms with Crippen LogP contribution in [0.3, 0.4) is 0 Å². The van der Waals surface area contributed by atoms with Crippen molar-refractivity contribution in [3.05, 3.63) is 0 Å². The van der Waals surface area contributed by atoms with Crippen molar-refractivity contribution in [3.63, 3.8) is 0 Å². The van der Waals surface area contributed by atoms with Crippen LogP contribution in [0.15, 0.2) is 0 Å². The number of ether oxygens (including phenoxy) is 2. The van der Waals surface area contributed by atoms with Gasteiger partial charge < -0.3 is 14.8 Å². The lowest BCUT2D eigenvalue weighted by Crippen LogP contribution is -2.28. The monoisotopic (exact) mass is 255 g/mol. The average molecular weight is 255 g/mol. The summed E-state index contributed by atoms with van der Waals surface area (Å²) in [6, 6.07) is 0. The van der Waals surface area contributed by atoms with Crippen molar-refractivity contribution in [1.82, 2.24) is 5.32 Å². The summed E-state index contributed by atoms with van der Waals surface area (Å²) in [7, 11) is 0. The van der Waals surface area contributed by atoms with Gasteiger partial charge in [-0.3, -0.25) is 0 Å². The van der Waals surface area contributed by atoms with Gasteiger partial charge in [0, 0.05) is 26.4 Å². The van der Waals surface area contributed by atoms with E-state index in [9.17, 15) is 0 Å². The Morgan fingerprint density at radius 1 is 0.944 bits per heavy atom. The molecule has 1 aliphatic carbocycles. The lowest BCUT2D eigenvalue weighted by Gasteiger charge is -2.23. The van der Waals surface area contributed by atoms with Crippen molar-refractivity contribution >= 4 is 0 Å². The van der Waals surface area contributed by atoms with Crippen LogP contribution < -0.4 is 5.32 Å². The van der Waals surface area contributed by atoms with Crippen molar-refractivity contribution in [3.8, 4) is 0 Å². The summed E-state index contributed by atoms with van der Waals surface area (Å²) in [6.45, 7) is 5.85. The highest BCUT2D eigenvalue weighted by Gasteiger charge is 2.14. The molecule has 1 saturated heterocycles. The average Bonchev–Trinajstić information content (AvgIpc) is 2.45. The van der Waals surface area contributed by atoms with Gasteiger partial charge in [0.15, 0.2) is 0 Å². The largest absolute Gasteiger partial charge is 0.381 e.